The van der Waals surface area contributed by atoms with Crippen LogP contribution in [0, 0.1) is 0 Å². The summed E-state index contributed by atoms with van der Waals surface area (Å²) in [6, 6.07) is 10.4. The van der Waals surface area contributed by atoms with Crippen molar-refractivity contribution in [3.05, 3.63) is 77.8 Å². The Hall–Kier alpha value is -3.02. The first-order valence-corrected chi connectivity index (χ1v) is 7.04. The van der Waals surface area contributed by atoms with Gasteiger partial charge in [0.1, 0.15) is 5.69 Å². The van der Waals surface area contributed by atoms with Crippen molar-refractivity contribution in [1.82, 2.24) is 9.97 Å². The maximum absolute atomic E-state index is 12.7. The molecule has 24 heavy (non-hydrogen) atoms. The van der Waals surface area contributed by atoms with E-state index in [1.165, 1.54) is 30.6 Å². The van der Waals surface area contributed by atoms with Crippen molar-refractivity contribution in [2.45, 2.75) is 6.18 Å². The van der Waals surface area contributed by atoms with Gasteiger partial charge in [0.05, 0.1) is 5.52 Å². The summed E-state index contributed by atoms with van der Waals surface area (Å²) in [5, 5.41) is 0.598. The molecule has 0 saturated carbocycles. The van der Waals surface area contributed by atoms with Crippen LogP contribution in [0.5, 0.6) is 0 Å². The molecule has 0 fully saturated rings. The van der Waals surface area contributed by atoms with Crippen molar-refractivity contribution >= 4 is 22.8 Å². The Morgan fingerprint density at radius 1 is 1.00 bits per heavy atom. The zero-order chi connectivity index (χ0) is 17.2. The zero-order valence-corrected chi connectivity index (χ0v) is 12.3. The van der Waals surface area contributed by atoms with Gasteiger partial charge < -0.3 is 0 Å². The first-order chi connectivity index (χ1) is 11.4. The average Bonchev–Trinajstić information content (AvgIpc) is 2.59. The van der Waals surface area contributed by atoms with Crippen LogP contribution in [0.4, 0.5) is 13.2 Å². The molecule has 0 aliphatic heterocycles. The first kappa shape index (κ1) is 15.9. The van der Waals surface area contributed by atoms with Gasteiger partial charge in [-0.2, -0.15) is 13.2 Å². The lowest BCUT2D eigenvalue weighted by Gasteiger charge is -2.07. The molecule has 0 radical (unpaired) electrons. The van der Waals surface area contributed by atoms with Gasteiger partial charge in [0.25, 0.3) is 0 Å². The lowest BCUT2D eigenvalue weighted by atomic mass is 10.1. The molecule has 6 heteroatoms. The van der Waals surface area contributed by atoms with Crippen LogP contribution in [0.3, 0.4) is 0 Å². The van der Waals surface area contributed by atoms with Crippen molar-refractivity contribution in [1.29, 1.82) is 0 Å². The molecule has 0 aliphatic rings. The highest BCUT2D eigenvalue weighted by molar-refractivity contribution is 6.06. The Bertz CT molecular complexity index is 918. The van der Waals surface area contributed by atoms with Gasteiger partial charge in [-0.25, -0.2) is 4.98 Å². The number of allylic oxidation sites excluding steroid dienone is 1. The van der Waals surface area contributed by atoms with Crippen LogP contribution in [0.1, 0.15) is 21.6 Å². The average molecular weight is 328 g/mol. The molecule has 2 heterocycles. The number of hydrogen-bond donors (Lipinski definition) is 0. The van der Waals surface area contributed by atoms with E-state index in [4.69, 9.17) is 0 Å². The van der Waals surface area contributed by atoms with Gasteiger partial charge in [-0.15, -0.1) is 0 Å². The summed E-state index contributed by atoms with van der Waals surface area (Å²) in [7, 11) is 0. The number of fused-ring (bicyclic) bond motifs is 1. The third-order valence-corrected chi connectivity index (χ3v) is 3.40. The van der Waals surface area contributed by atoms with E-state index in [2.05, 4.69) is 9.97 Å². The van der Waals surface area contributed by atoms with Gasteiger partial charge in [-0.3, -0.25) is 9.78 Å². The van der Waals surface area contributed by atoms with Crippen molar-refractivity contribution in [3.63, 3.8) is 0 Å². The Labute approximate surface area is 135 Å². The number of alkyl halides is 3. The molecule has 0 bridgehead atoms. The lowest BCUT2D eigenvalue weighted by molar-refractivity contribution is -0.140. The fraction of sp³-hybridized carbons (Fsp3) is 0.0556. The predicted octanol–water partition coefficient (Wildman–Crippen LogP) is 4.54. The molecule has 0 saturated heterocycles. The maximum Gasteiger partial charge on any atom is 0.433 e. The summed E-state index contributed by atoms with van der Waals surface area (Å²) in [6.45, 7) is 0. The third-order valence-electron chi connectivity index (χ3n) is 3.40. The van der Waals surface area contributed by atoms with Crippen LogP contribution in [-0.4, -0.2) is 15.8 Å². The molecule has 120 valence electrons. The first-order valence-electron chi connectivity index (χ1n) is 7.04. The number of nitrogens with zero attached hydrogens (tertiary/aromatic N) is 2. The Balaban J connectivity index is 1.90. The minimum atomic E-state index is -4.49. The largest absolute Gasteiger partial charge is 0.433 e. The van der Waals surface area contributed by atoms with Crippen LogP contribution in [0.25, 0.3) is 17.0 Å². The summed E-state index contributed by atoms with van der Waals surface area (Å²) in [6.07, 6.45) is 1.45. The number of ketones is 1. The summed E-state index contributed by atoms with van der Waals surface area (Å²) < 4.78 is 38.2. The molecular formula is C18H11F3N2O. The van der Waals surface area contributed by atoms with Gasteiger partial charge in [0, 0.05) is 23.3 Å². The fourth-order valence-corrected chi connectivity index (χ4v) is 2.18. The Morgan fingerprint density at radius 3 is 2.42 bits per heavy atom. The second-order valence-corrected chi connectivity index (χ2v) is 5.08. The molecule has 0 amide bonds. The van der Waals surface area contributed by atoms with Gasteiger partial charge in [-0.05, 0) is 35.9 Å². The highest BCUT2D eigenvalue weighted by atomic mass is 19.4. The molecule has 2 aromatic heterocycles. The van der Waals surface area contributed by atoms with Crippen LogP contribution < -0.4 is 0 Å². The number of carbonyl (C=O) groups excluding carboxylic acids is 1. The normalized spacial score (nSPS) is 12.0. The number of carbonyl (C=O) groups is 1. The van der Waals surface area contributed by atoms with Crippen molar-refractivity contribution in [2.24, 2.45) is 0 Å². The molecule has 0 aliphatic carbocycles. The Morgan fingerprint density at radius 2 is 1.71 bits per heavy atom. The topological polar surface area (TPSA) is 42.9 Å². The van der Waals surface area contributed by atoms with Crippen molar-refractivity contribution < 1.29 is 18.0 Å². The number of benzene rings is 1. The highest BCUT2D eigenvalue weighted by Crippen LogP contribution is 2.29. The molecular weight excluding hydrogens is 317 g/mol. The maximum atomic E-state index is 12.7. The zero-order valence-electron chi connectivity index (χ0n) is 12.3. The molecule has 3 rings (SSSR count). The molecule has 3 nitrogen and oxygen atoms in total. The molecule has 0 spiro atoms. The Kier molecular flexibility index (Phi) is 4.12. The van der Waals surface area contributed by atoms with E-state index in [1.54, 1.807) is 30.3 Å². The van der Waals surface area contributed by atoms with E-state index in [-0.39, 0.29) is 11.3 Å². The highest BCUT2D eigenvalue weighted by Gasteiger charge is 2.32. The second kappa shape index (κ2) is 6.23. The van der Waals surface area contributed by atoms with E-state index < -0.39 is 11.9 Å². The number of pyridine rings is 2. The van der Waals surface area contributed by atoms with Gasteiger partial charge >= 0.3 is 6.18 Å². The number of aromatic nitrogens is 2. The fourth-order valence-electron chi connectivity index (χ4n) is 2.18. The second-order valence-electron chi connectivity index (χ2n) is 5.08. The van der Waals surface area contributed by atoms with Crippen LogP contribution in [-0.2, 0) is 6.18 Å². The van der Waals surface area contributed by atoms with Crippen LogP contribution >= 0.6 is 0 Å². The quantitative estimate of drug-likeness (QED) is 0.523. The minimum Gasteiger partial charge on any atom is -0.289 e. The standard InChI is InChI=1S/C18H11F3N2O/c19-18(20,21)17-6-4-13-3-1-12(11-15(13)23-17)2-5-16(24)14-7-9-22-10-8-14/h1-11H. The molecule has 0 N–H and O–H groups in total. The molecule has 1 aromatic carbocycles. The van der Waals surface area contributed by atoms with E-state index in [0.29, 0.717) is 16.5 Å². The van der Waals surface area contributed by atoms with Crippen LogP contribution in [0.15, 0.2) is 60.9 Å². The van der Waals surface area contributed by atoms with Gasteiger partial charge in [0.15, 0.2) is 5.78 Å². The smallest absolute Gasteiger partial charge is 0.289 e. The summed E-state index contributed by atoms with van der Waals surface area (Å²) in [4.78, 5) is 19.5. The van der Waals surface area contributed by atoms with Crippen LogP contribution in [0.2, 0.25) is 0 Å². The molecule has 0 unspecified atom stereocenters. The molecule has 0 atom stereocenters. The molecule has 3 aromatic rings. The van der Waals surface area contributed by atoms with Gasteiger partial charge in [0.2, 0.25) is 0 Å². The van der Waals surface area contributed by atoms with E-state index in [0.717, 1.165) is 6.07 Å². The predicted molar refractivity (Wildman–Crippen MR) is 84.3 cm³/mol. The third kappa shape index (κ3) is 3.48. The SMILES string of the molecule is O=C(C=Cc1ccc2ccc(C(F)(F)F)nc2c1)c1ccncc1. The van der Waals surface area contributed by atoms with E-state index in [1.807, 2.05) is 0 Å². The lowest BCUT2D eigenvalue weighted by Crippen LogP contribution is -2.07. The van der Waals surface area contributed by atoms with E-state index >= 15 is 0 Å². The van der Waals surface area contributed by atoms with E-state index in [9.17, 15) is 18.0 Å². The minimum absolute atomic E-state index is 0.213. The number of rotatable bonds is 3. The number of halogens is 3. The van der Waals surface area contributed by atoms with Gasteiger partial charge in [-0.1, -0.05) is 24.3 Å². The summed E-state index contributed by atoms with van der Waals surface area (Å²) in [5.41, 5.74) is 0.364. The van der Waals surface area contributed by atoms with Crippen molar-refractivity contribution in [3.8, 4) is 0 Å². The van der Waals surface area contributed by atoms with Crippen molar-refractivity contribution in [2.75, 3.05) is 0 Å². The summed E-state index contributed by atoms with van der Waals surface area (Å²) in [5.74, 6) is -0.213. The number of hydrogen-bond acceptors (Lipinski definition) is 3. The monoisotopic (exact) mass is 328 g/mol. The summed E-state index contributed by atoms with van der Waals surface area (Å²) >= 11 is 0.